The number of aromatic carboxylic acids is 1. The molecule has 39 heavy (non-hydrogen) atoms. The summed E-state index contributed by atoms with van der Waals surface area (Å²) in [5.74, 6) is -1.26. The fourth-order valence-electron chi connectivity index (χ4n) is 4.58. The van der Waals surface area contributed by atoms with E-state index in [0.29, 0.717) is 11.6 Å². The van der Waals surface area contributed by atoms with Crippen LogP contribution in [0.1, 0.15) is 39.7 Å². The molecular formula is C29H27N4O4S2+. The number of aryl methyl sites for hydroxylation is 2. The van der Waals surface area contributed by atoms with Crippen LogP contribution in [0.3, 0.4) is 0 Å². The molecule has 0 saturated carbocycles. The molecule has 0 aliphatic carbocycles. The summed E-state index contributed by atoms with van der Waals surface area (Å²) in [6.45, 7) is 4.22. The second-order valence-corrected chi connectivity index (χ2v) is 11.8. The highest BCUT2D eigenvalue weighted by molar-refractivity contribution is 7.89. The third-order valence-electron chi connectivity index (χ3n) is 6.68. The molecule has 3 aromatic carbocycles. The molecule has 0 fully saturated rings. The van der Waals surface area contributed by atoms with E-state index < -0.39 is 16.0 Å². The van der Waals surface area contributed by atoms with E-state index in [0.717, 1.165) is 39.9 Å². The molecule has 0 radical (unpaired) electrons. The summed E-state index contributed by atoms with van der Waals surface area (Å²) in [7, 11) is -3.79. The number of sulfonamides is 1. The molecule has 0 saturated heterocycles. The Morgan fingerprint density at radius 2 is 1.82 bits per heavy atom. The third kappa shape index (κ3) is 5.73. The Labute approximate surface area is 230 Å². The normalized spacial score (nSPS) is 15.2. The van der Waals surface area contributed by atoms with Gasteiger partial charge >= 0.3 is 11.1 Å². The largest absolute Gasteiger partial charge is 0.475 e. The number of hydrogen-bond donors (Lipinski definition) is 2. The molecule has 5 rings (SSSR count). The molecule has 1 aromatic heterocycles. The topological polar surface area (TPSA) is 126 Å². The van der Waals surface area contributed by atoms with Crippen molar-refractivity contribution < 1.29 is 23.0 Å². The first-order valence-corrected chi connectivity index (χ1v) is 14.8. The Morgan fingerprint density at radius 3 is 2.49 bits per heavy atom. The molecule has 198 valence electrons. The lowest BCUT2D eigenvalue weighted by Crippen LogP contribution is -2.17. The number of aromatic nitrogens is 1. The van der Waals surface area contributed by atoms with Gasteiger partial charge in [0.05, 0.1) is 16.2 Å². The summed E-state index contributed by atoms with van der Waals surface area (Å²) in [5.41, 5.74) is 7.28. The minimum absolute atomic E-state index is 0.0318. The zero-order valence-corrected chi connectivity index (χ0v) is 23.0. The van der Waals surface area contributed by atoms with Crippen molar-refractivity contribution >= 4 is 44.4 Å². The number of benzene rings is 3. The predicted octanol–water partition coefficient (Wildman–Crippen LogP) is 5.02. The minimum atomic E-state index is -3.79. The molecule has 1 aliphatic rings. The highest BCUT2D eigenvalue weighted by Gasteiger charge is 2.31. The number of thiazole rings is 1. The van der Waals surface area contributed by atoms with Crippen LogP contribution < -0.4 is 5.14 Å². The van der Waals surface area contributed by atoms with Crippen molar-refractivity contribution in [3.63, 3.8) is 0 Å². The molecule has 3 N–H and O–H groups in total. The molecule has 1 unspecified atom stereocenters. The van der Waals surface area contributed by atoms with Gasteiger partial charge in [0.2, 0.25) is 10.0 Å². The van der Waals surface area contributed by atoms with Gasteiger partial charge in [0.25, 0.3) is 5.69 Å². The van der Waals surface area contributed by atoms with Crippen LogP contribution in [0.15, 0.2) is 82.1 Å². The van der Waals surface area contributed by atoms with Gasteiger partial charge in [-0.25, -0.2) is 18.4 Å². The fraction of sp³-hybridized carbons (Fsp3) is 0.172. The zero-order valence-electron chi connectivity index (χ0n) is 21.4. The number of rotatable bonds is 8. The summed E-state index contributed by atoms with van der Waals surface area (Å²) >= 11 is 1.21. The Hall–Kier alpha value is -3.99. The highest BCUT2D eigenvalue weighted by Crippen LogP contribution is 2.30. The van der Waals surface area contributed by atoms with Crippen LogP contribution in [0.2, 0.25) is 0 Å². The second kappa shape index (κ2) is 10.6. The zero-order chi connectivity index (χ0) is 27.7. The summed E-state index contributed by atoms with van der Waals surface area (Å²) < 4.78 is 25.0. The fourth-order valence-corrected chi connectivity index (χ4v) is 5.83. The summed E-state index contributed by atoms with van der Waals surface area (Å²) in [4.78, 5) is 15.7. The van der Waals surface area contributed by atoms with Gasteiger partial charge in [-0.2, -0.15) is 0 Å². The first-order valence-electron chi connectivity index (χ1n) is 12.4. The standard InChI is InChI=1S/C29H26N4O4S2/c1-3-19-5-4-6-21(13-19)25-15-22(10-7-18(25)2)27-23(14-20-8-11-24(12-9-20)39(30,36)37)16-33(32-27)29-31-26(17-38-29)28(34)35/h4-13,15-17,23H,3,14H2,1-2H3,(H2-,30,34,35,36,37)/p+1. The highest BCUT2D eigenvalue weighted by atomic mass is 32.2. The number of nitrogens with two attached hydrogens (primary N) is 1. The summed E-state index contributed by atoms with van der Waals surface area (Å²) in [5, 5.41) is 21.4. The lowest BCUT2D eigenvalue weighted by Gasteiger charge is -2.13. The van der Waals surface area contributed by atoms with Crippen molar-refractivity contribution in [3.8, 4) is 11.1 Å². The Bertz CT molecular complexity index is 1740. The van der Waals surface area contributed by atoms with Gasteiger partial charge in [0, 0.05) is 5.56 Å². The molecule has 8 nitrogen and oxygen atoms in total. The maximum Gasteiger partial charge on any atom is 0.408 e. The number of carbonyl (C=O) groups is 1. The van der Waals surface area contributed by atoms with E-state index in [1.54, 1.807) is 16.8 Å². The lowest BCUT2D eigenvalue weighted by molar-refractivity contribution is -0.437. The average molecular weight is 560 g/mol. The Kier molecular flexibility index (Phi) is 7.26. The van der Waals surface area contributed by atoms with E-state index in [1.165, 1.54) is 34.4 Å². The monoisotopic (exact) mass is 559 g/mol. The van der Waals surface area contributed by atoms with Crippen LogP contribution >= 0.6 is 11.3 Å². The van der Waals surface area contributed by atoms with Gasteiger partial charge in [-0.1, -0.05) is 65.2 Å². The second-order valence-electron chi connectivity index (χ2n) is 9.38. The SMILES string of the molecule is CCc1cccc(-c2cc(C3=N[N+](c4nc(C(=O)O)cs4)=CC3Cc3ccc(S(N)(=O)=O)cc3)ccc2C)c1. The van der Waals surface area contributed by atoms with Crippen LogP contribution in [-0.2, 0) is 22.9 Å². The lowest BCUT2D eigenvalue weighted by atomic mass is 9.89. The molecule has 4 aromatic rings. The molecule has 10 heteroatoms. The maximum absolute atomic E-state index is 11.7. The number of primary sulfonamides is 1. The molecule has 0 bridgehead atoms. The summed E-state index contributed by atoms with van der Waals surface area (Å²) in [6, 6.07) is 21.3. The molecular weight excluding hydrogens is 532 g/mol. The summed E-state index contributed by atoms with van der Waals surface area (Å²) in [6.07, 6.45) is 3.41. The van der Waals surface area contributed by atoms with Crippen molar-refractivity contribution in [1.82, 2.24) is 4.98 Å². The predicted molar refractivity (Wildman–Crippen MR) is 153 cm³/mol. The number of hydrogen-bond acceptors (Lipinski definition) is 6. The molecule has 1 aliphatic heterocycles. The molecule has 2 heterocycles. The number of carboxylic acid groups (broad SMARTS) is 1. The van der Waals surface area contributed by atoms with Crippen molar-refractivity contribution in [3.05, 3.63) is 100 Å². The Morgan fingerprint density at radius 1 is 1.05 bits per heavy atom. The third-order valence-corrected chi connectivity index (χ3v) is 8.44. The molecule has 1 atom stereocenters. The van der Waals surface area contributed by atoms with Crippen LogP contribution in [0, 0.1) is 12.8 Å². The van der Waals surface area contributed by atoms with Gasteiger partial charge in [0.15, 0.2) is 0 Å². The quantitative estimate of drug-likeness (QED) is 0.293. The minimum Gasteiger partial charge on any atom is -0.475 e. The van der Waals surface area contributed by atoms with Crippen LogP contribution in [0.5, 0.6) is 0 Å². The van der Waals surface area contributed by atoms with E-state index in [1.807, 2.05) is 12.3 Å². The average Bonchev–Trinajstić information content (AvgIpc) is 3.57. The van der Waals surface area contributed by atoms with E-state index in [-0.39, 0.29) is 16.5 Å². The smallest absolute Gasteiger partial charge is 0.408 e. The maximum atomic E-state index is 11.7. The van der Waals surface area contributed by atoms with Crippen LogP contribution in [-0.4, -0.2) is 41.1 Å². The van der Waals surface area contributed by atoms with E-state index in [4.69, 9.17) is 10.2 Å². The first-order chi connectivity index (χ1) is 18.6. The molecule has 0 amide bonds. The van der Waals surface area contributed by atoms with Crippen molar-refractivity contribution in [2.75, 3.05) is 0 Å². The van der Waals surface area contributed by atoms with Crippen molar-refractivity contribution in [2.45, 2.75) is 31.6 Å². The van der Waals surface area contributed by atoms with Gasteiger partial charge in [-0.3, -0.25) is 0 Å². The van der Waals surface area contributed by atoms with Gasteiger partial charge in [0.1, 0.15) is 11.9 Å². The van der Waals surface area contributed by atoms with E-state index in [2.05, 4.69) is 55.2 Å². The van der Waals surface area contributed by atoms with Crippen LogP contribution in [0.4, 0.5) is 5.13 Å². The number of carboxylic acids is 1. The van der Waals surface area contributed by atoms with E-state index in [9.17, 15) is 18.3 Å². The van der Waals surface area contributed by atoms with Gasteiger partial charge in [-0.05, 0) is 82.1 Å². The van der Waals surface area contributed by atoms with Gasteiger partial charge < -0.3 is 5.11 Å². The van der Waals surface area contributed by atoms with E-state index >= 15 is 0 Å². The number of hydrazone groups is 1. The number of nitrogens with zero attached hydrogens (tertiary/aromatic N) is 3. The van der Waals surface area contributed by atoms with Gasteiger partial charge in [-0.15, -0.1) is 0 Å². The Balaban J connectivity index is 1.55. The van der Waals surface area contributed by atoms with Crippen molar-refractivity contribution in [2.24, 2.45) is 16.2 Å². The first kappa shape index (κ1) is 26.6. The van der Waals surface area contributed by atoms with Crippen LogP contribution in [0.25, 0.3) is 11.1 Å². The van der Waals surface area contributed by atoms with Crippen molar-refractivity contribution in [1.29, 1.82) is 0 Å². The molecule has 0 spiro atoms.